The van der Waals surface area contributed by atoms with Crippen LogP contribution in [0.2, 0.25) is 0 Å². The summed E-state index contributed by atoms with van der Waals surface area (Å²) >= 11 is 0. The molecule has 1 aliphatic rings. The van der Waals surface area contributed by atoms with Crippen molar-refractivity contribution in [1.29, 1.82) is 0 Å². The van der Waals surface area contributed by atoms with Crippen LogP contribution >= 0.6 is 0 Å². The molecular weight excluding hydrogens is 194 g/mol. The highest BCUT2D eigenvalue weighted by Gasteiger charge is 2.18. The molecule has 1 aliphatic carbocycles. The van der Waals surface area contributed by atoms with Crippen molar-refractivity contribution in [2.75, 3.05) is 0 Å². The maximum Gasteiger partial charge on any atom is 0.0311 e. The zero-order chi connectivity index (χ0) is 11.5. The van der Waals surface area contributed by atoms with Gasteiger partial charge in [0.05, 0.1) is 0 Å². The van der Waals surface area contributed by atoms with Crippen LogP contribution in [0.25, 0.3) is 6.08 Å². The minimum absolute atomic E-state index is 0.412. The van der Waals surface area contributed by atoms with E-state index in [-0.39, 0.29) is 0 Å². The summed E-state index contributed by atoms with van der Waals surface area (Å²) in [6, 6.07) is 2.08. The summed E-state index contributed by atoms with van der Waals surface area (Å²) < 4.78 is 0. The molecule has 0 fully saturated rings. The van der Waals surface area contributed by atoms with Gasteiger partial charge < -0.3 is 0 Å². The van der Waals surface area contributed by atoms with E-state index in [0.29, 0.717) is 5.92 Å². The van der Waals surface area contributed by atoms with Crippen LogP contribution in [0.15, 0.2) is 47.8 Å². The lowest BCUT2D eigenvalue weighted by atomic mass is 9.89. The average molecular weight is 211 g/mol. The minimum Gasteiger partial charge on any atom is -0.264 e. The zero-order valence-corrected chi connectivity index (χ0v) is 10.1. The lowest BCUT2D eigenvalue weighted by Crippen LogP contribution is -2.00. The summed E-state index contributed by atoms with van der Waals surface area (Å²) in [6.45, 7) is 6.43. The second kappa shape index (κ2) is 4.48. The Balaban J connectivity index is 2.61. The number of nitrogens with zero attached hydrogens (tertiary/aromatic N) is 1. The molecule has 0 saturated carbocycles. The molecule has 1 unspecified atom stereocenters. The van der Waals surface area contributed by atoms with Gasteiger partial charge in [0, 0.05) is 18.3 Å². The zero-order valence-electron chi connectivity index (χ0n) is 10.1. The summed E-state index contributed by atoms with van der Waals surface area (Å²) in [6.07, 6.45) is 12.6. The van der Waals surface area contributed by atoms with Gasteiger partial charge in [0.1, 0.15) is 0 Å². The van der Waals surface area contributed by atoms with Gasteiger partial charge in [-0.25, -0.2) is 0 Å². The van der Waals surface area contributed by atoms with Crippen LogP contribution in [0, 0.1) is 0 Å². The number of allylic oxidation sites excluding steroid dienone is 5. The molecule has 0 bridgehead atoms. The Morgan fingerprint density at radius 3 is 2.69 bits per heavy atom. The summed E-state index contributed by atoms with van der Waals surface area (Å²) in [5.41, 5.74) is 5.28. The van der Waals surface area contributed by atoms with E-state index in [9.17, 15) is 0 Å². The molecule has 1 aromatic rings. The summed E-state index contributed by atoms with van der Waals surface area (Å²) in [7, 11) is 0. The topological polar surface area (TPSA) is 12.9 Å². The van der Waals surface area contributed by atoms with Gasteiger partial charge in [0.2, 0.25) is 0 Å². The van der Waals surface area contributed by atoms with Crippen LogP contribution in [-0.4, -0.2) is 4.98 Å². The molecule has 0 aromatic carbocycles. The van der Waals surface area contributed by atoms with Crippen molar-refractivity contribution in [3.63, 3.8) is 0 Å². The molecule has 0 amide bonds. The van der Waals surface area contributed by atoms with Gasteiger partial charge in [-0.2, -0.15) is 0 Å². The first-order valence-electron chi connectivity index (χ1n) is 5.72. The van der Waals surface area contributed by atoms with Crippen molar-refractivity contribution in [3.05, 3.63) is 59.0 Å². The molecule has 1 heteroatoms. The molecule has 0 aliphatic heterocycles. The highest BCUT2D eigenvalue weighted by molar-refractivity contribution is 5.65. The Hall–Kier alpha value is -1.63. The van der Waals surface area contributed by atoms with Crippen molar-refractivity contribution >= 4 is 6.08 Å². The Morgan fingerprint density at radius 2 is 2.00 bits per heavy atom. The number of fused-ring (bicyclic) bond motifs is 1. The van der Waals surface area contributed by atoms with Gasteiger partial charge in [-0.05, 0) is 42.2 Å². The second-order valence-electron chi connectivity index (χ2n) is 4.05. The maximum atomic E-state index is 4.23. The monoisotopic (exact) mass is 211 g/mol. The van der Waals surface area contributed by atoms with Gasteiger partial charge in [0.25, 0.3) is 0 Å². The standard InChI is InChI=1S/C15H17N/c1-4-12-6-7-13-8-9-16-10-15(13)11(3)14(12)5-2/h4-11H,1-3H3/b12-4-,14-5-. The van der Waals surface area contributed by atoms with E-state index < -0.39 is 0 Å². The van der Waals surface area contributed by atoms with E-state index in [1.807, 2.05) is 12.4 Å². The molecule has 1 nitrogen and oxygen atoms in total. The SMILES string of the molecule is C/C=C1/C=Cc2ccncc2C(C)/C1=C/C. The molecule has 0 saturated heterocycles. The van der Waals surface area contributed by atoms with Crippen LogP contribution in [0.5, 0.6) is 0 Å². The number of hydrogen-bond donors (Lipinski definition) is 0. The van der Waals surface area contributed by atoms with Gasteiger partial charge in [-0.3, -0.25) is 4.98 Å². The van der Waals surface area contributed by atoms with Crippen molar-refractivity contribution in [2.45, 2.75) is 26.7 Å². The molecule has 0 spiro atoms. The largest absolute Gasteiger partial charge is 0.264 e. The Labute approximate surface area is 97.2 Å². The fourth-order valence-electron chi connectivity index (χ4n) is 2.30. The van der Waals surface area contributed by atoms with E-state index >= 15 is 0 Å². The quantitative estimate of drug-likeness (QED) is 0.629. The fourth-order valence-corrected chi connectivity index (χ4v) is 2.30. The third-order valence-electron chi connectivity index (χ3n) is 3.22. The Bertz CT molecular complexity index is 478. The van der Waals surface area contributed by atoms with Crippen LogP contribution < -0.4 is 0 Å². The molecule has 2 rings (SSSR count). The van der Waals surface area contributed by atoms with Gasteiger partial charge in [0.15, 0.2) is 0 Å². The Morgan fingerprint density at radius 1 is 1.19 bits per heavy atom. The van der Waals surface area contributed by atoms with E-state index in [1.165, 1.54) is 22.3 Å². The van der Waals surface area contributed by atoms with Gasteiger partial charge in [-0.15, -0.1) is 0 Å². The first kappa shape index (κ1) is 10.9. The number of rotatable bonds is 0. The van der Waals surface area contributed by atoms with Crippen molar-refractivity contribution in [1.82, 2.24) is 4.98 Å². The molecule has 0 radical (unpaired) electrons. The minimum atomic E-state index is 0.412. The predicted octanol–water partition coefficient (Wildman–Crippen LogP) is 4.10. The van der Waals surface area contributed by atoms with E-state index in [2.05, 4.69) is 56.1 Å². The first-order chi connectivity index (χ1) is 7.77. The summed E-state index contributed by atoms with van der Waals surface area (Å²) in [5.74, 6) is 0.412. The van der Waals surface area contributed by atoms with Crippen LogP contribution in [0.3, 0.4) is 0 Å². The highest BCUT2D eigenvalue weighted by Crippen LogP contribution is 2.35. The lowest BCUT2D eigenvalue weighted by Gasteiger charge is -2.16. The lowest BCUT2D eigenvalue weighted by molar-refractivity contribution is 0.898. The third kappa shape index (κ3) is 1.73. The number of pyridine rings is 1. The molecule has 82 valence electrons. The van der Waals surface area contributed by atoms with Gasteiger partial charge in [-0.1, -0.05) is 31.2 Å². The molecule has 0 N–H and O–H groups in total. The van der Waals surface area contributed by atoms with E-state index in [1.54, 1.807) is 0 Å². The van der Waals surface area contributed by atoms with Crippen molar-refractivity contribution in [3.8, 4) is 0 Å². The normalized spacial score (nSPS) is 24.6. The molecule has 16 heavy (non-hydrogen) atoms. The number of hydrogen-bond acceptors (Lipinski definition) is 1. The smallest absolute Gasteiger partial charge is 0.0311 e. The van der Waals surface area contributed by atoms with Crippen molar-refractivity contribution < 1.29 is 0 Å². The molecule has 1 atom stereocenters. The van der Waals surface area contributed by atoms with E-state index in [4.69, 9.17) is 0 Å². The number of aromatic nitrogens is 1. The van der Waals surface area contributed by atoms with Crippen molar-refractivity contribution in [2.24, 2.45) is 0 Å². The van der Waals surface area contributed by atoms with Gasteiger partial charge >= 0.3 is 0 Å². The van der Waals surface area contributed by atoms with E-state index in [0.717, 1.165) is 0 Å². The molecular formula is C15H17N. The third-order valence-corrected chi connectivity index (χ3v) is 3.22. The Kier molecular flexibility index (Phi) is 3.04. The first-order valence-corrected chi connectivity index (χ1v) is 5.72. The predicted molar refractivity (Wildman–Crippen MR) is 69.2 cm³/mol. The average Bonchev–Trinajstić information content (AvgIpc) is 2.46. The second-order valence-corrected chi connectivity index (χ2v) is 4.05. The molecule has 1 heterocycles. The summed E-state index contributed by atoms with van der Waals surface area (Å²) in [5, 5.41) is 0. The highest BCUT2D eigenvalue weighted by atomic mass is 14.6. The molecule has 1 aromatic heterocycles. The maximum absolute atomic E-state index is 4.23. The van der Waals surface area contributed by atoms with Crippen LogP contribution in [0.1, 0.15) is 37.8 Å². The van der Waals surface area contributed by atoms with Crippen LogP contribution in [-0.2, 0) is 0 Å². The summed E-state index contributed by atoms with van der Waals surface area (Å²) in [4.78, 5) is 4.23. The van der Waals surface area contributed by atoms with Crippen LogP contribution in [0.4, 0.5) is 0 Å². The fraction of sp³-hybridized carbons (Fsp3) is 0.267.